The van der Waals surface area contributed by atoms with E-state index in [1.165, 1.54) is 19.1 Å². The fourth-order valence-corrected chi connectivity index (χ4v) is 2.49. The fourth-order valence-electron chi connectivity index (χ4n) is 2.49. The van der Waals surface area contributed by atoms with Crippen molar-refractivity contribution in [3.8, 4) is 0 Å². The largest absolute Gasteiger partial charge is 0.416 e. The van der Waals surface area contributed by atoms with Crippen LogP contribution in [0.2, 0.25) is 0 Å². The van der Waals surface area contributed by atoms with Crippen molar-refractivity contribution in [2.75, 3.05) is 11.4 Å². The Bertz CT molecular complexity index is 776. The minimum Gasteiger partial charge on any atom is -0.348 e. The second-order valence-corrected chi connectivity index (χ2v) is 5.85. The molecule has 0 spiro atoms. The number of nitrogens with one attached hydrogen (secondary N) is 1. The minimum absolute atomic E-state index is 0.0230. The molecule has 2 amide bonds. The average molecular weight is 364 g/mol. The Labute approximate surface area is 149 Å². The number of halogens is 3. The molecule has 0 saturated carbocycles. The van der Waals surface area contributed by atoms with Crippen molar-refractivity contribution in [3.05, 3.63) is 65.7 Å². The second-order valence-electron chi connectivity index (χ2n) is 5.85. The molecule has 0 heterocycles. The molecular formula is C19H19F3N2O2. The zero-order valence-corrected chi connectivity index (χ0v) is 14.4. The topological polar surface area (TPSA) is 49.4 Å². The number of hydrogen-bond acceptors (Lipinski definition) is 2. The van der Waals surface area contributed by atoms with Crippen LogP contribution in [-0.4, -0.2) is 18.4 Å². The molecule has 2 aromatic rings. The molecule has 1 atom stereocenters. The van der Waals surface area contributed by atoms with Gasteiger partial charge in [-0.15, -0.1) is 0 Å². The predicted octanol–water partition coefficient (Wildman–Crippen LogP) is 3.94. The minimum atomic E-state index is -4.53. The Hall–Kier alpha value is -2.83. The van der Waals surface area contributed by atoms with Gasteiger partial charge < -0.3 is 10.2 Å². The highest BCUT2D eigenvalue weighted by atomic mass is 19.4. The number of amides is 2. The molecule has 7 heteroatoms. The molecule has 4 nitrogen and oxygen atoms in total. The van der Waals surface area contributed by atoms with Crippen molar-refractivity contribution in [1.29, 1.82) is 0 Å². The third kappa shape index (κ3) is 5.08. The Morgan fingerprint density at radius 2 is 1.73 bits per heavy atom. The summed E-state index contributed by atoms with van der Waals surface area (Å²) in [6.07, 6.45) is -4.53. The molecule has 0 aliphatic rings. The normalized spacial score (nSPS) is 12.3. The fraction of sp³-hybridized carbons (Fsp3) is 0.263. The molecule has 0 saturated heterocycles. The summed E-state index contributed by atoms with van der Waals surface area (Å²) in [5.74, 6) is -0.985. The summed E-state index contributed by atoms with van der Waals surface area (Å²) in [6.45, 7) is 2.62. The van der Waals surface area contributed by atoms with Gasteiger partial charge in [0.25, 0.3) is 0 Å². The molecule has 138 valence electrons. The quantitative estimate of drug-likeness (QED) is 0.874. The standard InChI is InChI=1S/C19H19F3N2O2/c1-13(15-7-4-3-5-8-15)23-18(26)12-24(14(2)25)17-10-6-9-16(11-17)19(20,21)22/h3-11,13H,12H2,1-2H3,(H,23,26). The van der Waals surface area contributed by atoms with Crippen molar-refractivity contribution in [2.24, 2.45) is 0 Å². The molecule has 0 radical (unpaired) electrons. The lowest BCUT2D eigenvalue weighted by atomic mass is 10.1. The van der Waals surface area contributed by atoms with Gasteiger partial charge in [0.1, 0.15) is 6.54 Å². The predicted molar refractivity (Wildman–Crippen MR) is 92.5 cm³/mol. The molecule has 0 aliphatic carbocycles. The zero-order valence-electron chi connectivity index (χ0n) is 14.4. The third-order valence-electron chi connectivity index (χ3n) is 3.84. The maximum Gasteiger partial charge on any atom is 0.416 e. The molecule has 1 N–H and O–H groups in total. The van der Waals surface area contributed by atoms with Crippen LogP contribution in [0, 0.1) is 0 Å². The van der Waals surface area contributed by atoms with E-state index in [0.29, 0.717) is 0 Å². The molecule has 2 rings (SSSR count). The van der Waals surface area contributed by atoms with Gasteiger partial charge in [-0.25, -0.2) is 0 Å². The Kier molecular flexibility index (Phi) is 6.02. The first-order valence-corrected chi connectivity index (χ1v) is 7.98. The van der Waals surface area contributed by atoms with Crippen LogP contribution in [0.4, 0.5) is 18.9 Å². The van der Waals surface area contributed by atoms with Gasteiger partial charge in [-0.2, -0.15) is 13.2 Å². The lowest BCUT2D eigenvalue weighted by Gasteiger charge is -2.23. The summed E-state index contributed by atoms with van der Waals surface area (Å²) in [5, 5.41) is 2.74. The van der Waals surface area contributed by atoms with Crippen LogP contribution in [0.25, 0.3) is 0 Å². The highest BCUT2D eigenvalue weighted by Crippen LogP contribution is 2.31. The van der Waals surface area contributed by atoms with Crippen molar-refractivity contribution in [1.82, 2.24) is 5.32 Å². The van der Waals surface area contributed by atoms with Gasteiger partial charge in [-0.3, -0.25) is 9.59 Å². The van der Waals surface area contributed by atoms with Gasteiger partial charge in [-0.1, -0.05) is 36.4 Å². The van der Waals surface area contributed by atoms with Crippen molar-refractivity contribution in [3.63, 3.8) is 0 Å². The van der Waals surface area contributed by atoms with Crippen LogP contribution >= 0.6 is 0 Å². The van der Waals surface area contributed by atoms with E-state index < -0.39 is 23.6 Å². The second kappa shape index (κ2) is 8.03. The van der Waals surface area contributed by atoms with Gasteiger partial charge >= 0.3 is 6.18 Å². The monoisotopic (exact) mass is 364 g/mol. The van der Waals surface area contributed by atoms with E-state index >= 15 is 0 Å². The lowest BCUT2D eigenvalue weighted by Crippen LogP contribution is -2.40. The molecule has 26 heavy (non-hydrogen) atoms. The maximum atomic E-state index is 12.9. The SMILES string of the molecule is CC(=O)N(CC(=O)NC(C)c1ccccc1)c1cccc(C(F)(F)F)c1. The number of nitrogens with zero attached hydrogens (tertiary/aromatic N) is 1. The molecule has 0 aliphatic heterocycles. The molecular weight excluding hydrogens is 345 g/mol. The smallest absolute Gasteiger partial charge is 0.348 e. The third-order valence-corrected chi connectivity index (χ3v) is 3.84. The number of benzene rings is 2. The van der Waals surface area contributed by atoms with Crippen LogP contribution in [0.15, 0.2) is 54.6 Å². The van der Waals surface area contributed by atoms with E-state index in [4.69, 9.17) is 0 Å². The van der Waals surface area contributed by atoms with Gasteiger partial charge in [0, 0.05) is 12.6 Å². The van der Waals surface area contributed by atoms with E-state index in [9.17, 15) is 22.8 Å². The summed E-state index contributed by atoms with van der Waals surface area (Å²) in [6, 6.07) is 13.3. The van der Waals surface area contributed by atoms with Crippen molar-refractivity contribution >= 4 is 17.5 Å². The zero-order chi connectivity index (χ0) is 19.3. The van der Waals surface area contributed by atoms with Crippen LogP contribution in [-0.2, 0) is 15.8 Å². The summed E-state index contributed by atoms with van der Waals surface area (Å²) in [4.78, 5) is 25.1. The molecule has 2 aromatic carbocycles. The Morgan fingerprint density at radius 1 is 1.08 bits per heavy atom. The molecule has 1 unspecified atom stereocenters. The first-order valence-electron chi connectivity index (χ1n) is 7.98. The van der Waals surface area contributed by atoms with Crippen LogP contribution in [0.1, 0.15) is 31.0 Å². The van der Waals surface area contributed by atoms with Gasteiger partial charge in [0.15, 0.2) is 0 Å². The Morgan fingerprint density at radius 3 is 2.31 bits per heavy atom. The van der Waals surface area contributed by atoms with E-state index in [2.05, 4.69) is 5.32 Å². The lowest BCUT2D eigenvalue weighted by molar-refractivity contribution is -0.137. The first-order chi connectivity index (χ1) is 12.2. The number of alkyl halides is 3. The maximum absolute atomic E-state index is 12.9. The van der Waals surface area contributed by atoms with Crippen LogP contribution in [0.5, 0.6) is 0 Å². The summed E-state index contributed by atoms with van der Waals surface area (Å²) in [7, 11) is 0. The molecule has 0 aromatic heterocycles. The van der Waals surface area contributed by atoms with E-state index in [-0.39, 0.29) is 18.3 Å². The van der Waals surface area contributed by atoms with Gasteiger partial charge in [0.2, 0.25) is 11.8 Å². The number of carbonyl (C=O) groups is 2. The highest BCUT2D eigenvalue weighted by molar-refractivity contribution is 5.97. The summed E-state index contributed by atoms with van der Waals surface area (Å²) in [5.41, 5.74) is 0.0310. The first kappa shape index (κ1) is 19.5. The summed E-state index contributed by atoms with van der Waals surface area (Å²) < 4.78 is 38.6. The highest BCUT2D eigenvalue weighted by Gasteiger charge is 2.31. The Balaban J connectivity index is 2.13. The van der Waals surface area contributed by atoms with Gasteiger partial charge in [-0.05, 0) is 30.7 Å². The number of carbonyl (C=O) groups excluding carboxylic acids is 2. The summed E-state index contributed by atoms with van der Waals surface area (Å²) >= 11 is 0. The van der Waals surface area contributed by atoms with Gasteiger partial charge in [0.05, 0.1) is 11.6 Å². The number of rotatable bonds is 5. The number of hydrogen-bond donors (Lipinski definition) is 1. The number of anilines is 1. The van der Waals surface area contributed by atoms with Crippen molar-refractivity contribution in [2.45, 2.75) is 26.1 Å². The van der Waals surface area contributed by atoms with Crippen LogP contribution in [0.3, 0.4) is 0 Å². The van der Waals surface area contributed by atoms with E-state index in [1.807, 2.05) is 30.3 Å². The van der Waals surface area contributed by atoms with E-state index in [1.54, 1.807) is 6.92 Å². The molecule has 0 fully saturated rings. The van der Waals surface area contributed by atoms with Crippen molar-refractivity contribution < 1.29 is 22.8 Å². The van der Waals surface area contributed by atoms with Crippen LogP contribution < -0.4 is 10.2 Å². The van der Waals surface area contributed by atoms with E-state index in [0.717, 1.165) is 22.6 Å². The molecule has 0 bridgehead atoms. The average Bonchev–Trinajstić information content (AvgIpc) is 2.59.